The number of hydrogen-bond acceptors (Lipinski definition) is 3. The lowest BCUT2D eigenvalue weighted by Crippen LogP contribution is -2.13. The van der Waals surface area contributed by atoms with Crippen LogP contribution < -0.4 is 5.32 Å². The Hall–Kier alpha value is -2.70. The number of carboxylic acids is 1. The number of aliphatic carboxylic acids is 1. The maximum Gasteiger partial charge on any atom is 0.307 e. The van der Waals surface area contributed by atoms with Gasteiger partial charge >= 0.3 is 5.97 Å². The predicted octanol–water partition coefficient (Wildman–Crippen LogP) is 3.49. The van der Waals surface area contributed by atoms with Gasteiger partial charge in [0, 0.05) is 24.3 Å². The summed E-state index contributed by atoms with van der Waals surface area (Å²) in [5, 5.41) is 15.9. The second-order valence-electron chi connectivity index (χ2n) is 7.15. The van der Waals surface area contributed by atoms with E-state index in [4.69, 9.17) is 5.11 Å². The van der Waals surface area contributed by atoms with Crippen LogP contribution in [0.5, 0.6) is 0 Å². The Balaban J connectivity index is 1.98. The van der Waals surface area contributed by atoms with Crippen molar-refractivity contribution in [2.75, 3.05) is 5.32 Å². The molecule has 146 valence electrons. The van der Waals surface area contributed by atoms with Gasteiger partial charge in [-0.3, -0.25) is 14.3 Å². The first kappa shape index (κ1) is 20.6. The quantitative estimate of drug-likeness (QED) is 0.740. The second-order valence-corrected chi connectivity index (χ2v) is 7.15. The van der Waals surface area contributed by atoms with Crippen molar-refractivity contribution in [3.63, 3.8) is 0 Å². The number of amides is 1. The Kier molecular flexibility index (Phi) is 6.71. The molecule has 0 unspecified atom stereocenters. The Morgan fingerprint density at radius 3 is 2.59 bits per heavy atom. The molecule has 6 nitrogen and oxygen atoms in total. The van der Waals surface area contributed by atoms with Crippen LogP contribution in [-0.2, 0) is 29.0 Å². The minimum Gasteiger partial charge on any atom is -0.481 e. The molecule has 27 heavy (non-hydrogen) atoms. The molecule has 0 aliphatic carbocycles. The van der Waals surface area contributed by atoms with E-state index in [1.807, 2.05) is 18.5 Å². The van der Waals surface area contributed by atoms with Gasteiger partial charge in [-0.1, -0.05) is 19.9 Å². The van der Waals surface area contributed by atoms with Gasteiger partial charge in [0.1, 0.15) is 5.82 Å². The summed E-state index contributed by atoms with van der Waals surface area (Å²) >= 11 is 0. The van der Waals surface area contributed by atoms with Crippen molar-refractivity contribution in [2.45, 2.75) is 53.5 Å². The summed E-state index contributed by atoms with van der Waals surface area (Å²) < 4.78 is 15.9. The fourth-order valence-electron chi connectivity index (χ4n) is 3.01. The number of anilines is 1. The van der Waals surface area contributed by atoms with Crippen LogP contribution >= 0.6 is 0 Å². The van der Waals surface area contributed by atoms with Crippen LogP contribution in [0.1, 0.15) is 42.8 Å². The lowest BCUT2D eigenvalue weighted by atomic mass is 10.1. The number of carbonyl (C=O) groups excluding carboxylic acids is 1. The molecule has 1 heterocycles. The zero-order chi connectivity index (χ0) is 20.1. The standard InChI is InChI=1S/C20H26FN3O3/c1-12(2)11-24-14(4)17(13(3)23-24)7-8-19(25)22-16-6-5-15(9-20(26)27)18(21)10-16/h5-6,10,12H,7-9,11H2,1-4H3,(H,22,25)(H,26,27). The molecule has 0 fully saturated rings. The minimum absolute atomic E-state index is 0.0873. The highest BCUT2D eigenvalue weighted by atomic mass is 19.1. The molecular formula is C20H26FN3O3. The fraction of sp³-hybridized carbons (Fsp3) is 0.450. The SMILES string of the molecule is Cc1nn(CC(C)C)c(C)c1CCC(=O)Nc1ccc(CC(=O)O)c(F)c1. The molecule has 2 aromatic rings. The third-order valence-electron chi connectivity index (χ3n) is 4.35. The number of aromatic nitrogens is 2. The summed E-state index contributed by atoms with van der Waals surface area (Å²) in [7, 11) is 0. The van der Waals surface area contributed by atoms with Crippen LogP contribution in [0.4, 0.5) is 10.1 Å². The van der Waals surface area contributed by atoms with Crippen molar-refractivity contribution in [1.29, 1.82) is 0 Å². The van der Waals surface area contributed by atoms with E-state index < -0.39 is 11.8 Å². The monoisotopic (exact) mass is 375 g/mol. The molecule has 0 spiro atoms. The van der Waals surface area contributed by atoms with Crippen LogP contribution in [0.3, 0.4) is 0 Å². The van der Waals surface area contributed by atoms with Crippen molar-refractivity contribution < 1.29 is 19.1 Å². The summed E-state index contributed by atoms with van der Waals surface area (Å²) in [6.07, 6.45) is 0.424. The lowest BCUT2D eigenvalue weighted by molar-refractivity contribution is -0.136. The average molecular weight is 375 g/mol. The van der Waals surface area contributed by atoms with E-state index >= 15 is 0 Å². The van der Waals surface area contributed by atoms with Gasteiger partial charge < -0.3 is 10.4 Å². The van der Waals surface area contributed by atoms with Crippen LogP contribution in [0.15, 0.2) is 18.2 Å². The summed E-state index contributed by atoms with van der Waals surface area (Å²) in [6.45, 7) is 9.04. The van der Waals surface area contributed by atoms with Gasteiger partial charge in [0.25, 0.3) is 0 Å². The topological polar surface area (TPSA) is 84.2 Å². The summed E-state index contributed by atoms with van der Waals surface area (Å²) in [6, 6.07) is 4.03. The smallest absolute Gasteiger partial charge is 0.307 e. The third kappa shape index (κ3) is 5.64. The number of nitrogens with zero attached hydrogens (tertiary/aromatic N) is 2. The van der Waals surface area contributed by atoms with E-state index in [1.54, 1.807) is 0 Å². The molecule has 0 aliphatic heterocycles. The molecule has 0 saturated heterocycles. The summed E-state index contributed by atoms with van der Waals surface area (Å²) in [5.74, 6) is -1.49. The van der Waals surface area contributed by atoms with Gasteiger partial charge in [-0.15, -0.1) is 0 Å². The van der Waals surface area contributed by atoms with Gasteiger partial charge in [0.05, 0.1) is 12.1 Å². The summed E-state index contributed by atoms with van der Waals surface area (Å²) in [4.78, 5) is 22.9. The number of halogens is 1. The summed E-state index contributed by atoms with van der Waals surface area (Å²) in [5.41, 5.74) is 3.46. The van der Waals surface area contributed by atoms with E-state index in [0.717, 1.165) is 29.6 Å². The number of hydrogen-bond donors (Lipinski definition) is 2. The van der Waals surface area contributed by atoms with Crippen molar-refractivity contribution in [2.24, 2.45) is 5.92 Å². The van der Waals surface area contributed by atoms with Gasteiger partial charge in [-0.05, 0) is 49.4 Å². The van der Waals surface area contributed by atoms with Crippen molar-refractivity contribution >= 4 is 17.6 Å². The molecule has 1 aromatic heterocycles. The zero-order valence-corrected chi connectivity index (χ0v) is 16.2. The molecule has 7 heteroatoms. The molecule has 0 saturated carbocycles. The Morgan fingerprint density at radius 2 is 2.00 bits per heavy atom. The highest BCUT2D eigenvalue weighted by molar-refractivity contribution is 5.90. The largest absolute Gasteiger partial charge is 0.481 e. The molecule has 0 aliphatic rings. The third-order valence-corrected chi connectivity index (χ3v) is 4.35. The first-order valence-electron chi connectivity index (χ1n) is 9.00. The second kappa shape index (κ2) is 8.79. The maximum atomic E-state index is 13.9. The van der Waals surface area contributed by atoms with E-state index in [1.165, 1.54) is 12.1 Å². The lowest BCUT2D eigenvalue weighted by Gasteiger charge is -2.09. The van der Waals surface area contributed by atoms with Crippen LogP contribution in [-0.4, -0.2) is 26.8 Å². The minimum atomic E-state index is -1.10. The van der Waals surface area contributed by atoms with Gasteiger partial charge in [-0.2, -0.15) is 5.10 Å². The molecule has 1 aromatic carbocycles. The van der Waals surface area contributed by atoms with Crippen molar-refractivity contribution in [3.8, 4) is 0 Å². The maximum absolute atomic E-state index is 13.9. The molecular weight excluding hydrogens is 349 g/mol. The van der Waals surface area contributed by atoms with E-state index in [-0.39, 0.29) is 24.3 Å². The molecule has 0 radical (unpaired) electrons. The van der Waals surface area contributed by atoms with Crippen molar-refractivity contribution in [3.05, 3.63) is 46.5 Å². The Bertz CT molecular complexity index is 843. The van der Waals surface area contributed by atoms with E-state index in [9.17, 15) is 14.0 Å². The van der Waals surface area contributed by atoms with Gasteiger partial charge in [-0.25, -0.2) is 4.39 Å². The molecule has 0 bridgehead atoms. The highest BCUT2D eigenvalue weighted by Gasteiger charge is 2.14. The first-order chi connectivity index (χ1) is 12.7. The molecule has 1 amide bonds. The average Bonchev–Trinajstić information content (AvgIpc) is 2.81. The van der Waals surface area contributed by atoms with E-state index in [0.29, 0.717) is 18.0 Å². The van der Waals surface area contributed by atoms with Gasteiger partial charge in [0.2, 0.25) is 5.91 Å². The first-order valence-corrected chi connectivity index (χ1v) is 9.00. The van der Waals surface area contributed by atoms with E-state index in [2.05, 4.69) is 24.3 Å². The number of benzene rings is 1. The number of rotatable bonds is 8. The normalized spacial score (nSPS) is 11.0. The number of nitrogens with one attached hydrogen (secondary N) is 1. The Morgan fingerprint density at radius 1 is 1.30 bits per heavy atom. The van der Waals surface area contributed by atoms with Crippen LogP contribution in [0.2, 0.25) is 0 Å². The molecule has 2 N–H and O–H groups in total. The molecule has 2 rings (SSSR count). The Labute approximate surface area is 158 Å². The predicted molar refractivity (Wildman–Crippen MR) is 101 cm³/mol. The van der Waals surface area contributed by atoms with Crippen molar-refractivity contribution in [1.82, 2.24) is 9.78 Å². The van der Waals surface area contributed by atoms with Crippen LogP contribution in [0, 0.1) is 25.6 Å². The number of carbonyl (C=O) groups is 2. The van der Waals surface area contributed by atoms with Gasteiger partial charge in [0.15, 0.2) is 0 Å². The van der Waals surface area contributed by atoms with Crippen LogP contribution in [0.25, 0.3) is 0 Å². The number of carboxylic acid groups (broad SMARTS) is 1. The zero-order valence-electron chi connectivity index (χ0n) is 16.2. The molecule has 0 atom stereocenters. The number of aryl methyl sites for hydroxylation is 1. The fourth-order valence-corrected chi connectivity index (χ4v) is 3.01. The highest BCUT2D eigenvalue weighted by Crippen LogP contribution is 2.18.